The van der Waals surface area contributed by atoms with Crippen LogP contribution in [-0.2, 0) is 4.79 Å². The molecule has 2 amide bonds. The third-order valence-electron chi connectivity index (χ3n) is 3.05. The number of carboxylic acid groups (broad SMARTS) is 1. The highest BCUT2D eigenvalue weighted by Gasteiger charge is 2.22. The van der Waals surface area contributed by atoms with Gasteiger partial charge in [0.15, 0.2) is 0 Å². The second-order valence-electron chi connectivity index (χ2n) is 4.94. The van der Waals surface area contributed by atoms with Crippen molar-refractivity contribution in [2.45, 2.75) is 31.7 Å². The Hall–Kier alpha value is -2.44. The molecule has 112 valence electrons. The van der Waals surface area contributed by atoms with Crippen LogP contribution in [0.1, 0.15) is 46.5 Å². The minimum Gasteiger partial charge on any atom is -0.478 e. The summed E-state index contributed by atoms with van der Waals surface area (Å²) in [6.45, 7) is 0.374. The number of nitrogens with one attached hydrogen (secondary N) is 2. The summed E-state index contributed by atoms with van der Waals surface area (Å²) < 4.78 is 0. The number of carbonyl (C=O) groups excluding carboxylic acids is 2. The Morgan fingerprint density at radius 2 is 2.05 bits per heavy atom. The van der Waals surface area contributed by atoms with Gasteiger partial charge in [-0.1, -0.05) is 0 Å². The average Bonchev–Trinajstić information content (AvgIpc) is 3.27. The number of aromatic nitrogens is 1. The van der Waals surface area contributed by atoms with E-state index in [2.05, 4.69) is 15.6 Å². The van der Waals surface area contributed by atoms with E-state index < -0.39 is 5.97 Å². The number of carboxylic acids is 1. The third kappa shape index (κ3) is 4.87. The zero-order chi connectivity index (χ0) is 15.2. The molecule has 0 unspecified atom stereocenters. The van der Waals surface area contributed by atoms with Gasteiger partial charge in [-0.2, -0.15) is 0 Å². The highest BCUT2D eigenvalue weighted by molar-refractivity contribution is 5.93. The van der Waals surface area contributed by atoms with Crippen LogP contribution in [0, 0.1) is 0 Å². The normalized spacial score (nSPS) is 13.5. The number of rotatable bonds is 7. The Labute approximate surface area is 121 Å². The van der Waals surface area contributed by atoms with Crippen molar-refractivity contribution < 1.29 is 19.5 Å². The summed E-state index contributed by atoms with van der Waals surface area (Å²) in [4.78, 5) is 37.6. The monoisotopic (exact) mass is 291 g/mol. The molecule has 1 aromatic heterocycles. The number of carbonyl (C=O) groups is 3. The molecule has 1 saturated carbocycles. The lowest BCUT2D eigenvalue weighted by molar-refractivity contribution is -0.121. The van der Waals surface area contributed by atoms with Gasteiger partial charge in [0.05, 0.1) is 5.56 Å². The molecule has 0 bridgehead atoms. The molecule has 0 radical (unpaired) electrons. The van der Waals surface area contributed by atoms with Crippen LogP contribution in [-0.4, -0.2) is 40.5 Å². The van der Waals surface area contributed by atoms with E-state index in [9.17, 15) is 14.4 Å². The predicted molar refractivity (Wildman–Crippen MR) is 73.9 cm³/mol. The lowest BCUT2D eigenvalue weighted by Gasteiger charge is -2.05. The molecule has 0 aliphatic heterocycles. The minimum absolute atomic E-state index is 0.00989. The first-order valence-electron chi connectivity index (χ1n) is 6.83. The van der Waals surface area contributed by atoms with E-state index in [1.54, 1.807) is 0 Å². The molecule has 1 aliphatic carbocycles. The van der Waals surface area contributed by atoms with E-state index in [1.165, 1.54) is 12.1 Å². The van der Waals surface area contributed by atoms with Crippen LogP contribution in [0.2, 0.25) is 0 Å². The topological polar surface area (TPSA) is 108 Å². The Balaban J connectivity index is 1.68. The summed E-state index contributed by atoms with van der Waals surface area (Å²) in [6, 6.07) is 3.04. The molecule has 2 rings (SSSR count). The summed E-state index contributed by atoms with van der Waals surface area (Å²) >= 11 is 0. The summed E-state index contributed by atoms with van der Waals surface area (Å²) in [5, 5.41) is 14.2. The number of amides is 2. The van der Waals surface area contributed by atoms with Crippen molar-refractivity contribution >= 4 is 17.8 Å². The Morgan fingerprint density at radius 1 is 1.29 bits per heavy atom. The fraction of sp³-hybridized carbons (Fsp3) is 0.429. The zero-order valence-corrected chi connectivity index (χ0v) is 11.5. The highest BCUT2D eigenvalue weighted by atomic mass is 16.4. The summed E-state index contributed by atoms with van der Waals surface area (Å²) in [7, 11) is 0. The van der Waals surface area contributed by atoms with Gasteiger partial charge in [-0.3, -0.25) is 14.6 Å². The number of pyridine rings is 1. The largest absolute Gasteiger partial charge is 0.478 e. The van der Waals surface area contributed by atoms with Crippen molar-refractivity contribution in [2.75, 3.05) is 6.54 Å². The molecule has 3 N–H and O–H groups in total. The fourth-order valence-corrected chi connectivity index (χ4v) is 1.72. The molecule has 1 fully saturated rings. The quantitative estimate of drug-likeness (QED) is 0.636. The van der Waals surface area contributed by atoms with E-state index in [0.717, 1.165) is 19.0 Å². The first-order chi connectivity index (χ1) is 10.1. The van der Waals surface area contributed by atoms with Crippen LogP contribution in [0.3, 0.4) is 0 Å². The standard InChI is InChI=1S/C14H17N3O4/c18-12(17-10-4-5-10)2-1-7-15-13(19)11-6-3-9(8-16-11)14(20)21/h3,6,8,10H,1-2,4-5,7H2,(H,15,19)(H,17,18)(H,20,21). The van der Waals surface area contributed by atoms with Crippen molar-refractivity contribution in [1.82, 2.24) is 15.6 Å². The second-order valence-corrected chi connectivity index (χ2v) is 4.94. The summed E-state index contributed by atoms with van der Waals surface area (Å²) in [5.74, 6) is -1.46. The fourth-order valence-electron chi connectivity index (χ4n) is 1.72. The molecule has 7 nitrogen and oxygen atoms in total. The smallest absolute Gasteiger partial charge is 0.337 e. The van der Waals surface area contributed by atoms with E-state index in [0.29, 0.717) is 25.4 Å². The molecule has 0 spiro atoms. The molecule has 0 saturated heterocycles. The van der Waals surface area contributed by atoms with Crippen molar-refractivity contribution in [3.05, 3.63) is 29.6 Å². The van der Waals surface area contributed by atoms with Crippen molar-refractivity contribution in [2.24, 2.45) is 0 Å². The molecule has 7 heteroatoms. The molecular weight excluding hydrogens is 274 g/mol. The number of aromatic carboxylic acids is 1. The maximum Gasteiger partial charge on any atom is 0.337 e. The summed E-state index contributed by atoms with van der Waals surface area (Å²) in [6.07, 6.45) is 4.18. The van der Waals surface area contributed by atoms with Crippen LogP contribution < -0.4 is 10.6 Å². The maximum absolute atomic E-state index is 11.7. The Bertz CT molecular complexity index is 538. The van der Waals surface area contributed by atoms with Crippen molar-refractivity contribution in [3.63, 3.8) is 0 Å². The third-order valence-corrected chi connectivity index (χ3v) is 3.05. The minimum atomic E-state index is -1.09. The van der Waals surface area contributed by atoms with E-state index >= 15 is 0 Å². The molecule has 0 aromatic carbocycles. The number of nitrogens with zero attached hydrogens (tertiary/aromatic N) is 1. The van der Waals surface area contributed by atoms with Gasteiger partial charge in [0.1, 0.15) is 5.69 Å². The Morgan fingerprint density at radius 3 is 2.62 bits per heavy atom. The first kappa shape index (κ1) is 15.0. The van der Waals surface area contributed by atoms with Crippen molar-refractivity contribution in [1.29, 1.82) is 0 Å². The molecule has 1 aromatic rings. The van der Waals surface area contributed by atoms with Gasteiger partial charge in [0, 0.05) is 25.2 Å². The Kier molecular flexibility index (Phi) is 4.86. The van der Waals surface area contributed by atoms with E-state index in [1.807, 2.05) is 0 Å². The predicted octanol–water partition coefficient (Wildman–Crippen LogP) is 0.568. The number of hydrogen-bond acceptors (Lipinski definition) is 4. The lowest BCUT2D eigenvalue weighted by Crippen LogP contribution is -2.28. The van der Waals surface area contributed by atoms with Crippen LogP contribution in [0.25, 0.3) is 0 Å². The maximum atomic E-state index is 11.7. The first-order valence-corrected chi connectivity index (χ1v) is 6.83. The summed E-state index contributed by atoms with van der Waals surface area (Å²) in [5.41, 5.74) is 0.186. The van der Waals surface area contributed by atoms with Crippen LogP contribution in [0.15, 0.2) is 18.3 Å². The van der Waals surface area contributed by atoms with Gasteiger partial charge >= 0.3 is 5.97 Å². The average molecular weight is 291 g/mol. The van der Waals surface area contributed by atoms with Gasteiger partial charge < -0.3 is 15.7 Å². The zero-order valence-electron chi connectivity index (χ0n) is 11.5. The van der Waals surface area contributed by atoms with Gasteiger partial charge in [-0.05, 0) is 31.4 Å². The lowest BCUT2D eigenvalue weighted by atomic mass is 10.2. The highest BCUT2D eigenvalue weighted by Crippen LogP contribution is 2.18. The van der Waals surface area contributed by atoms with E-state index in [4.69, 9.17) is 5.11 Å². The molecule has 21 heavy (non-hydrogen) atoms. The van der Waals surface area contributed by atoms with Gasteiger partial charge in [0.2, 0.25) is 5.91 Å². The second kappa shape index (κ2) is 6.83. The van der Waals surface area contributed by atoms with Crippen LogP contribution in [0.4, 0.5) is 0 Å². The molecule has 0 atom stereocenters. The van der Waals surface area contributed by atoms with Crippen LogP contribution >= 0.6 is 0 Å². The van der Waals surface area contributed by atoms with Gasteiger partial charge in [0.25, 0.3) is 5.91 Å². The molecular formula is C14H17N3O4. The SMILES string of the molecule is O=C(CCCNC(=O)c1ccc(C(=O)O)cn1)NC1CC1. The van der Waals surface area contributed by atoms with E-state index in [-0.39, 0.29) is 23.1 Å². The van der Waals surface area contributed by atoms with Gasteiger partial charge in [-0.15, -0.1) is 0 Å². The molecule has 1 aliphatic rings. The van der Waals surface area contributed by atoms with Gasteiger partial charge in [-0.25, -0.2) is 4.79 Å². The number of hydrogen-bond donors (Lipinski definition) is 3. The van der Waals surface area contributed by atoms with Crippen molar-refractivity contribution in [3.8, 4) is 0 Å². The van der Waals surface area contributed by atoms with Crippen LogP contribution in [0.5, 0.6) is 0 Å². The molecule has 1 heterocycles.